The van der Waals surface area contributed by atoms with E-state index in [0.29, 0.717) is 24.2 Å². The average Bonchev–Trinajstić information content (AvgIpc) is 2.59. The fourth-order valence-electron chi connectivity index (χ4n) is 2.33. The van der Waals surface area contributed by atoms with Gasteiger partial charge in [0.15, 0.2) is 0 Å². The molecule has 0 aliphatic heterocycles. The lowest BCUT2D eigenvalue weighted by atomic mass is 10.1. The fraction of sp³-hybridized carbons (Fsp3) is 0.263. The van der Waals surface area contributed by atoms with Crippen LogP contribution in [0.5, 0.6) is 0 Å². The van der Waals surface area contributed by atoms with Gasteiger partial charge in [-0.25, -0.2) is 0 Å². The number of nitrogens with one attached hydrogen (secondary N) is 2. The Morgan fingerprint density at radius 2 is 1.44 bits per heavy atom. The van der Waals surface area contributed by atoms with E-state index in [1.165, 1.54) is 0 Å². The molecule has 2 aromatic rings. The normalized spacial score (nSPS) is 10.3. The second-order valence-electron chi connectivity index (χ2n) is 5.75. The molecule has 0 heterocycles. The highest BCUT2D eigenvalue weighted by Gasteiger charge is 2.06. The van der Waals surface area contributed by atoms with Crippen LogP contribution in [0.4, 0.5) is 17.1 Å². The van der Waals surface area contributed by atoms with Crippen molar-refractivity contribution >= 4 is 44.8 Å². The van der Waals surface area contributed by atoms with Crippen molar-refractivity contribution in [3.63, 3.8) is 0 Å². The highest BCUT2D eigenvalue weighted by atomic mass is 79.9. The van der Waals surface area contributed by atoms with Gasteiger partial charge in [-0.3, -0.25) is 9.59 Å². The highest BCUT2D eigenvalue weighted by molar-refractivity contribution is 9.10. The van der Waals surface area contributed by atoms with E-state index in [-0.39, 0.29) is 11.8 Å². The summed E-state index contributed by atoms with van der Waals surface area (Å²) in [5.41, 5.74) is 7.77. The SMILES string of the molecule is Nc1ccccc1NC(=O)CCCCCC(=O)Nc1ccc(Br)cc1. The molecule has 6 heteroatoms. The number of anilines is 3. The molecular formula is C19H22BrN3O2. The Morgan fingerprint density at radius 3 is 2.08 bits per heavy atom. The zero-order valence-corrected chi connectivity index (χ0v) is 15.5. The number of benzene rings is 2. The highest BCUT2D eigenvalue weighted by Crippen LogP contribution is 2.17. The molecule has 0 aliphatic rings. The Bertz CT molecular complexity index is 717. The molecule has 0 atom stereocenters. The number of carbonyl (C=O) groups is 2. The molecule has 0 fully saturated rings. The van der Waals surface area contributed by atoms with E-state index in [1.54, 1.807) is 12.1 Å². The zero-order valence-electron chi connectivity index (χ0n) is 13.9. The maximum absolute atomic E-state index is 11.9. The monoisotopic (exact) mass is 403 g/mol. The topological polar surface area (TPSA) is 84.2 Å². The van der Waals surface area contributed by atoms with Gasteiger partial charge in [-0.1, -0.05) is 34.5 Å². The molecule has 0 aliphatic carbocycles. The van der Waals surface area contributed by atoms with E-state index in [1.807, 2.05) is 36.4 Å². The third kappa shape index (κ3) is 6.97. The molecule has 4 N–H and O–H groups in total. The van der Waals surface area contributed by atoms with Crippen LogP contribution in [-0.2, 0) is 9.59 Å². The van der Waals surface area contributed by atoms with E-state index in [4.69, 9.17) is 5.73 Å². The summed E-state index contributed by atoms with van der Waals surface area (Å²) < 4.78 is 0.973. The summed E-state index contributed by atoms with van der Waals surface area (Å²) in [7, 11) is 0. The first-order valence-electron chi connectivity index (χ1n) is 8.24. The number of nitrogens with two attached hydrogens (primary N) is 1. The van der Waals surface area contributed by atoms with Crippen LogP contribution in [0.2, 0.25) is 0 Å². The number of halogens is 1. The number of rotatable bonds is 8. The first kappa shape index (κ1) is 19.0. The lowest BCUT2D eigenvalue weighted by Crippen LogP contribution is -2.13. The van der Waals surface area contributed by atoms with Crippen molar-refractivity contribution in [1.82, 2.24) is 0 Å². The quantitative estimate of drug-likeness (QED) is 0.446. The van der Waals surface area contributed by atoms with Crippen molar-refractivity contribution in [2.45, 2.75) is 32.1 Å². The van der Waals surface area contributed by atoms with Crippen molar-refractivity contribution < 1.29 is 9.59 Å². The number of carbonyl (C=O) groups excluding carboxylic acids is 2. The van der Waals surface area contributed by atoms with Crippen LogP contribution in [0.3, 0.4) is 0 Å². The Labute approximate surface area is 156 Å². The minimum atomic E-state index is -0.0581. The minimum absolute atomic E-state index is 0.0103. The molecule has 0 aromatic heterocycles. The second kappa shape index (κ2) is 9.84. The van der Waals surface area contributed by atoms with Crippen molar-refractivity contribution in [3.8, 4) is 0 Å². The van der Waals surface area contributed by atoms with Crippen LogP contribution in [0.1, 0.15) is 32.1 Å². The Hall–Kier alpha value is -2.34. The fourth-order valence-corrected chi connectivity index (χ4v) is 2.59. The number of unbranched alkanes of at least 4 members (excludes halogenated alkanes) is 2. The molecule has 2 rings (SSSR count). The summed E-state index contributed by atoms with van der Waals surface area (Å²) in [6, 6.07) is 14.6. The summed E-state index contributed by atoms with van der Waals surface area (Å²) in [6.45, 7) is 0. The van der Waals surface area contributed by atoms with Crippen LogP contribution < -0.4 is 16.4 Å². The molecular weight excluding hydrogens is 382 g/mol. The number of para-hydroxylation sites is 2. The number of hydrogen-bond donors (Lipinski definition) is 3. The Morgan fingerprint density at radius 1 is 0.840 bits per heavy atom. The summed E-state index contributed by atoms with van der Waals surface area (Å²) in [4.78, 5) is 23.7. The van der Waals surface area contributed by atoms with Crippen molar-refractivity contribution in [2.24, 2.45) is 0 Å². The molecule has 0 bridgehead atoms. The molecule has 25 heavy (non-hydrogen) atoms. The van der Waals surface area contributed by atoms with E-state index >= 15 is 0 Å². The van der Waals surface area contributed by atoms with Gasteiger partial charge in [-0.2, -0.15) is 0 Å². The first-order valence-corrected chi connectivity index (χ1v) is 9.03. The minimum Gasteiger partial charge on any atom is -0.397 e. The largest absolute Gasteiger partial charge is 0.397 e. The van der Waals surface area contributed by atoms with Crippen molar-refractivity contribution in [1.29, 1.82) is 0 Å². The molecule has 0 saturated heterocycles. The predicted octanol–water partition coefficient (Wildman–Crippen LogP) is 4.56. The smallest absolute Gasteiger partial charge is 0.224 e. The molecule has 0 spiro atoms. The number of hydrogen-bond acceptors (Lipinski definition) is 3. The predicted molar refractivity (Wildman–Crippen MR) is 105 cm³/mol. The molecule has 0 saturated carbocycles. The van der Waals surface area contributed by atoms with E-state index < -0.39 is 0 Å². The van der Waals surface area contributed by atoms with Crippen LogP contribution >= 0.6 is 15.9 Å². The standard InChI is InChI=1S/C19H22BrN3O2/c20-14-10-12-15(13-11-14)22-18(24)8-2-1-3-9-19(25)23-17-7-5-4-6-16(17)21/h4-7,10-13H,1-3,8-9,21H2,(H,22,24)(H,23,25). The van der Waals surface area contributed by atoms with Gasteiger partial charge >= 0.3 is 0 Å². The van der Waals surface area contributed by atoms with E-state index in [0.717, 1.165) is 29.4 Å². The van der Waals surface area contributed by atoms with Crippen molar-refractivity contribution in [2.75, 3.05) is 16.4 Å². The summed E-state index contributed by atoms with van der Waals surface area (Å²) in [5, 5.41) is 5.65. The lowest BCUT2D eigenvalue weighted by molar-refractivity contribution is -0.116. The Kier molecular flexibility index (Phi) is 7.47. The molecule has 0 radical (unpaired) electrons. The van der Waals surface area contributed by atoms with Crippen molar-refractivity contribution in [3.05, 3.63) is 53.0 Å². The van der Waals surface area contributed by atoms with Gasteiger partial charge in [-0.15, -0.1) is 0 Å². The average molecular weight is 404 g/mol. The summed E-state index contributed by atoms with van der Waals surface area (Å²) in [6.07, 6.45) is 3.19. The summed E-state index contributed by atoms with van der Waals surface area (Å²) in [5.74, 6) is -0.0685. The van der Waals surface area contributed by atoms with Crippen LogP contribution in [0.25, 0.3) is 0 Å². The molecule has 132 valence electrons. The molecule has 2 aromatic carbocycles. The third-order valence-corrected chi connectivity index (χ3v) is 4.20. The van der Waals surface area contributed by atoms with Gasteiger partial charge in [0.1, 0.15) is 0 Å². The zero-order chi connectivity index (χ0) is 18.1. The molecule has 5 nitrogen and oxygen atoms in total. The van der Waals surface area contributed by atoms with Crippen LogP contribution in [-0.4, -0.2) is 11.8 Å². The van der Waals surface area contributed by atoms with Gasteiger partial charge in [0.25, 0.3) is 0 Å². The first-order chi connectivity index (χ1) is 12.0. The van der Waals surface area contributed by atoms with Crippen LogP contribution in [0.15, 0.2) is 53.0 Å². The summed E-state index contributed by atoms with van der Waals surface area (Å²) >= 11 is 3.35. The maximum Gasteiger partial charge on any atom is 0.224 e. The number of amides is 2. The van der Waals surface area contributed by atoms with E-state index in [2.05, 4.69) is 26.6 Å². The van der Waals surface area contributed by atoms with Gasteiger partial charge < -0.3 is 16.4 Å². The molecule has 2 amide bonds. The van der Waals surface area contributed by atoms with E-state index in [9.17, 15) is 9.59 Å². The van der Waals surface area contributed by atoms with Gasteiger partial charge in [0, 0.05) is 23.0 Å². The lowest BCUT2D eigenvalue weighted by Gasteiger charge is -2.08. The molecule has 0 unspecified atom stereocenters. The van der Waals surface area contributed by atoms with Gasteiger partial charge in [0.05, 0.1) is 11.4 Å². The second-order valence-corrected chi connectivity index (χ2v) is 6.67. The van der Waals surface area contributed by atoms with Gasteiger partial charge in [0.2, 0.25) is 11.8 Å². The maximum atomic E-state index is 11.9. The van der Waals surface area contributed by atoms with Gasteiger partial charge in [-0.05, 0) is 49.2 Å². The third-order valence-electron chi connectivity index (χ3n) is 3.67. The van der Waals surface area contributed by atoms with Crippen LogP contribution in [0, 0.1) is 0 Å². The number of nitrogen functional groups attached to an aromatic ring is 1. The Balaban J connectivity index is 1.59.